The van der Waals surface area contributed by atoms with Crippen LogP contribution in [0.3, 0.4) is 0 Å². The molecule has 0 amide bonds. The molecule has 1 fully saturated rings. The number of nitrogens with zero attached hydrogens (tertiary/aromatic N) is 1. The Morgan fingerprint density at radius 1 is 1.07 bits per heavy atom. The van der Waals surface area contributed by atoms with Gasteiger partial charge in [-0.2, -0.15) is 5.26 Å². The Morgan fingerprint density at radius 3 is 2.21 bits per heavy atom. The summed E-state index contributed by atoms with van der Waals surface area (Å²) >= 11 is 0. The van der Waals surface area contributed by atoms with Gasteiger partial charge in [0.1, 0.15) is 0 Å². The lowest BCUT2D eigenvalue weighted by atomic mass is 9.77. The highest BCUT2D eigenvalue weighted by Gasteiger charge is 2.29. The van der Waals surface area contributed by atoms with Crippen LogP contribution in [0.4, 0.5) is 0 Å². The molecular weight excluding hydrogens is 170 g/mol. The predicted molar refractivity (Wildman–Crippen MR) is 59.9 cm³/mol. The molecule has 1 aliphatic carbocycles. The lowest BCUT2D eigenvalue weighted by Crippen LogP contribution is -2.17. The van der Waals surface area contributed by atoms with Crippen LogP contribution in [-0.2, 0) is 0 Å². The Bertz CT molecular complexity index is 182. The minimum atomic E-state index is 0.0612. The molecule has 0 aliphatic heterocycles. The van der Waals surface area contributed by atoms with E-state index in [1.54, 1.807) is 0 Å². The first kappa shape index (κ1) is 11.6. The molecule has 0 bridgehead atoms. The molecule has 1 aliphatic rings. The molecule has 0 N–H and O–H groups in total. The summed E-state index contributed by atoms with van der Waals surface area (Å²) in [7, 11) is 0. The Hall–Kier alpha value is -0.510. The van der Waals surface area contributed by atoms with Crippen LogP contribution >= 0.6 is 0 Å². The molecular formula is C13H23N. The van der Waals surface area contributed by atoms with Crippen molar-refractivity contribution in [3.05, 3.63) is 0 Å². The first-order valence-corrected chi connectivity index (χ1v) is 6.24. The summed E-state index contributed by atoms with van der Waals surface area (Å²) in [5, 5.41) is 9.32. The average Bonchev–Trinajstić information content (AvgIpc) is 2.45. The van der Waals surface area contributed by atoms with Gasteiger partial charge in [0.15, 0.2) is 0 Å². The molecule has 1 saturated carbocycles. The topological polar surface area (TPSA) is 23.8 Å². The summed E-state index contributed by atoms with van der Waals surface area (Å²) in [4.78, 5) is 0. The highest BCUT2D eigenvalue weighted by atomic mass is 14.4. The highest BCUT2D eigenvalue weighted by Crippen LogP contribution is 2.38. The Kier molecular flexibility index (Phi) is 5.01. The standard InChI is InChI=1S/C13H23N/c1-2-3-6-9-13(12-14)10-7-4-5-8-11-13/h2-11H2,1H3. The van der Waals surface area contributed by atoms with E-state index < -0.39 is 0 Å². The van der Waals surface area contributed by atoms with Crippen molar-refractivity contribution in [1.29, 1.82) is 5.26 Å². The molecule has 0 radical (unpaired) electrons. The van der Waals surface area contributed by atoms with Crippen LogP contribution in [-0.4, -0.2) is 0 Å². The first-order valence-electron chi connectivity index (χ1n) is 6.24. The van der Waals surface area contributed by atoms with Crippen molar-refractivity contribution in [3.63, 3.8) is 0 Å². The molecule has 0 atom stereocenters. The fraction of sp³-hybridized carbons (Fsp3) is 0.923. The number of unbranched alkanes of at least 4 members (excludes halogenated alkanes) is 2. The van der Waals surface area contributed by atoms with Crippen LogP contribution < -0.4 is 0 Å². The van der Waals surface area contributed by atoms with E-state index in [9.17, 15) is 5.26 Å². The molecule has 0 saturated heterocycles. The van der Waals surface area contributed by atoms with E-state index in [0.717, 1.165) is 19.3 Å². The maximum Gasteiger partial charge on any atom is 0.0689 e. The molecule has 0 unspecified atom stereocenters. The number of hydrogen-bond donors (Lipinski definition) is 0. The van der Waals surface area contributed by atoms with Crippen molar-refractivity contribution in [1.82, 2.24) is 0 Å². The van der Waals surface area contributed by atoms with Gasteiger partial charge in [0.25, 0.3) is 0 Å². The van der Waals surface area contributed by atoms with Gasteiger partial charge in [-0.1, -0.05) is 51.9 Å². The van der Waals surface area contributed by atoms with Gasteiger partial charge in [-0.25, -0.2) is 0 Å². The normalized spacial score (nSPS) is 21.1. The van der Waals surface area contributed by atoms with Crippen molar-refractivity contribution in [2.75, 3.05) is 0 Å². The molecule has 0 aromatic rings. The van der Waals surface area contributed by atoms with Crippen LogP contribution in [0.2, 0.25) is 0 Å². The Labute approximate surface area is 88.5 Å². The van der Waals surface area contributed by atoms with Crippen LogP contribution in [0.1, 0.15) is 71.1 Å². The zero-order valence-electron chi connectivity index (χ0n) is 9.52. The molecule has 1 rings (SSSR count). The molecule has 80 valence electrons. The van der Waals surface area contributed by atoms with Crippen molar-refractivity contribution in [2.45, 2.75) is 71.1 Å². The van der Waals surface area contributed by atoms with E-state index >= 15 is 0 Å². The number of hydrogen-bond acceptors (Lipinski definition) is 1. The fourth-order valence-electron chi connectivity index (χ4n) is 2.54. The van der Waals surface area contributed by atoms with Crippen LogP contribution in [0.15, 0.2) is 0 Å². The second-order valence-electron chi connectivity index (χ2n) is 4.76. The van der Waals surface area contributed by atoms with E-state index in [1.807, 2.05) is 0 Å². The van der Waals surface area contributed by atoms with Crippen LogP contribution in [0.5, 0.6) is 0 Å². The second kappa shape index (κ2) is 6.06. The van der Waals surface area contributed by atoms with Gasteiger partial charge < -0.3 is 0 Å². The second-order valence-corrected chi connectivity index (χ2v) is 4.76. The van der Waals surface area contributed by atoms with Crippen molar-refractivity contribution < 1.29 is 0 Å². The minimum Gasteiger partial charge on any atom is -0.198 e. The van der Waals surface area contributed by atoms with Crippen molar-refractivity contribution >= 4 is 0 Å². The third-order valence-corrected chi connectivity index (χ3v) is 3.56. The van der Waals surface area contributed by atoms with E-state index in [0.29, 0.717) is 0 Å². The summed E-state index contributed by atoms with van der Waals surface area (Å²) in [5.41, 5.74) is 0.0612. The Morgan fingerprint density at radius 2 is 1.71 bits per heavy atom. The summed E-state index contributed by atoms with van der Waals surface area (Å²) in [5.74, 6) is 0. The smallest absolute Gasteiger partial charge is 0.0689 e. The van der Waals surface area contributed by atoms with Crippen molar-refractivity contribution in [2.24, 2.45) is 5.41 Å². The van der Waals surface area contributed by atoms with Crippen molar-refractivity contribution in [3.8, 4) is 6.07 Å². The maximum absolute atomic E-state index is 9.32. The molecule has 0 spiro atoms. The molecule has 0 aromatic carbocycles. The SMILES string of the molecule is CCCCCC1(C#N)CCCCCC1. The third-order valence-electron chi connectivity index (χ3n) is 3.56. The lowest BCUT2D eigenvalue weighted by molar-refractivity contribution is 0.303. The van der Waals surface area contributed by atoms with Gasteiger partial charge >= 0.3 is 0 Å². The lowest BCUT2D eigenvalue weighted by Gasteiger charge is -2.24. The minimum absolute atomic E-state index is 0.0612. The summed E-state index contributed by atoms with van der Waals surface area (Å²) in [6.45, 7) is 2.23. The van der Waals surface area contributed by atoms with Gasteiger partial charge in [0, 0.05) is 0 Å². The van der Waals surface area contributed by atoms with Crippen LogP contribution in [0.25, 0.3) is 0 Å². The Balaban J connectivity index is 2.42. The highest BCUT2D eigenvalue weighted by molar-refractivity contribution is 4.99. The average molecular weight is 193 g/mol. The largest absolute Gasteiger partial charge is 0.198 e. The van der Waals surface area contributed by atoms with Gasteiger partial charge in [-0.3, -0.25) is 0 Å². The fourth-order valence-corrected chi connectivity index (χ4v) is 2.54. The van der Waals surface area contributed by atoms with E-state index in [-0.39, 0.29) is 5.41 Å². The maximum atomic E-state index is 9.32. The predicted octanol–water partition coefficient (Wildman–Crippen LogP) is 4.43. The van der Waals surface area contributed by atoms with E-state index in [4.69, 9.17) is 0 Å². The van der Waals surface area contributed by atoms with Gasteiger partial charge in [0.05, 0.1) is 11.5 Å². The summed E-state index contributed by atoms with van der Waals surface area (Å²) in [6, 6.07) is 2.62. The van der Waals surface area contributed by atoms with Gasteiger partial charge in [0.2, 0.25) is 0 Å². The zero-order chi connectivity index (χ0) is 10.3. The molecule has 14 heavy (non-hydrogen) atoms. The summed E-state index contributed by atoms with van der Waals surface area (Å²) < 4.78 is 0. The molecule has 0 heterocycles. The summed E-state index contributed by atoms with van der Waals surface area (Å²) in [6.07, 6.45) is 12.5. The van der Waals surface area contributed by atoms with Gasteiger partial charge in [-0.05, 0) is 19.3 Å². The quantitative estimate of drug-likeness (QED) is 0.478. The van der Waals surface area contributed by atoms with Crippen LogP contribution in [0, 0.1) is 16.7 Å². The molecule has 1 heteroatoms. The van der Waals surface area contributed by atoms with Gasteiger partial charge in [-0.15, -0.1) is 0 Å². The molecule has 0 aromatic heterocycles. The third kappa shape index (κ3) is 3.33. The first-order chi connectivity index (χ1) is 6.83. The van der Waals surface area contributed by atoms with E-state index in [1.165, 1.54) is 44.9 Å². The molecule has 1 nitrogen and oxygen atoms in total. The van der Waals surface area contributed by atoms with E-state index in [2.05, 4.69) is 13.0 Å². The monoisotopic (exact) mass is 193 g/mol. The number of nitriles is 1. The number of rotatable bonds is 4. The zero-order valence-corrected chi connectivity index (χ0v) is 9.52.